The molecule has 2 aromatic carbocycles. The third kappa shape index (κ3) is 4.41. The first-order valence-corrected chi connectivity index (χ1v) is 10.7. The number of carboxylic acids is 1. The molecule has 1 heterocycles. The van der Waals surface area contributed by atoms with Crippen molar-refractivity contribution in [3.8, 4) is 5.75 Å². The molecule has 0 saturated carbocycles. The number of aliphatic carboxylic acids is 1. The summed E-state index contributed by atoms with van der Waals surface area (Å²) in [7, 11) is -2.42. The molecule has 2 atom stereocenters. The topological polar surface area (TPSA) is 104 Å². The lowest BCUT2D eigenvalue weighted by molar-refractivity contribution is -0.153. The minimum Gasteiger partial charge on any atom is -0.497 e. The van der Waals surface area contributed by atoms with Crippen molar-refractivity contribution < 1.29 is 27.9 Å². The van der Waals surface area contributed by atoms with Crippen molar-refractivity contribution in [2.45, 2.75) is 18.6 Å². The quantitative estimate of drug-likeness (QED) is 0.762. The summed E-state index contributed by atoms with van der Waals surface area (Å²) in [6.45, 7) is -0.354. The van der Waals surface area contributed by atoms with Crippen molar-refractivity contribution in [1.82, 2.24) is 9.21 Å². The maximum atomic E-state index is 12.9. The van der Waals surface area contributed by atoms with Crippen molar-refractivity contribution >= 4 is 21.9 Å². The van der Waals surface area contributed by atoms with Gasteiger partial charge in [-0.05, 0) is 23.3 Å². The summed E-state index contributed by atoms with van der Waals surface area (Å²) >= 11 is 0. The maximum absolute atomic E-state index is 12.9. The van der Waals surface area contributed by atoms with E-state index in [-0.39, 0.29) is 6.54 Å². The molecule has 1 N–H and O–H groups in total. The Morgan fingerprint density at radius 1 is 1.14 bits per heavy atom. The number of ether oxygens (including phenoxy) is 1. The molecule has 0 unspecified atom stereocenters. The van der Waals surface area contributed by atoms with E-state index in [2.05, 4.69) is 0 Å². The van der Waals surface area contributed by atoms with Crippen molar-refractivity contribution in [1.29, 1.82) is 0 Å². The van der Waals surface area contributed by atoms with Gasteiger partial charge in [0.25, 0.3) is 0 Å². The summed E-state index contributed by atoms with van der Waals surface area (Å²) < 4.78 is 30.4. The summed E-state index contributed by atoms with van der Waals surface area (Å²) in [5.41, 5.74) is 1.33. The van der Waals surface area contributed by atoms with E-state index in [1.54, 1.807) is 24.3 Å². The first-order valence-electron chi connectivity index (χ1n) is 8.89. The molecule has 1 aliphatic heterocycles. The van der Waals surface area contributed by atoms with E-state index < -0.39 is 40.5 Å². The van der Waals surface area contributed by atoms with Crippen LogP contribution in [0.1, 0.15) is 17.2 Å². The van der Waals surface area contributed by atoms with E-state index >= 15 is 0 Å². The molecule has 0 aromatic heterocycles. The highest BCUT2D eigenvalue weighted by molar-refractivity contribution is 7.88. The van der Waals surface area contributed by atoms with Gasteiger partial charge in [0.15, 0.2) is 0 Å². The summed E-state index contributed by atoms with van der Waals surface area (Å²) in [5, 5.41) is 9.91. The number of hydrogen-bond acceptors (Lipinski definition) is 5. The number of hydrogen-bond donors (Lipinski definition) is 1. The average Bonchev–Trinajstić information content (AvgIpc) is 2.69. The number of nitrogens with zero attached hydrogens (tertiary/aromatic N) is 2. The molecule has 0 aliphatic carbocycles. The highest BCUT2D eigenvalue weighted by atomic mass is 32.2. The Kier molecular flexibility index (Phi) is 5.90. The smallest absolute Gasteiger partial charge is 0.324 e. The highest BCUT2D eigenvalue weighted by Gasteiger charge is 2.48. The first kappa shape index (κ1) is 20.8. The molecule has 1 amide bonds. The number of carbonyl (C=O) groups is 2. The minimum absolute atomic E-state index is 0.164. The zero-order valence-corrected chi connectivity index (χ0v) is 16.9. The van der Waals surface area contributed by atoms with E-state index in [1.807, 2.05) is 30.3 Å². The molecule has 1 aliphatic rings. The van der Waals surface area contributed by atoms with Crippen LogP contribution < -0.4 is 4.74 Å². The molecule has 3 rings (SSSR count). The van der Waals surface area contributed by atoms with Gasteiger partial charge < -0.3 is 14.7 Å². The van der Waals surface area contributed by atoms with Gasteiger partial charge in [0.05, 0.1) is 26.0 Å². The van der Waals surface area contributed by atoms with Crippen molar-refractivity contribution in [3.63, 3.8) is 0 Å². The van der Waals surface area contributed by atoms with Crippen LogP contribution in [0.2, 0.25) is 0 Å². The van der Waals surface area contributed by atoms with Crippen LogP contribution in [0.3, 0.4) is 0 Å². The van der Waals surface area contributed by atoms with Crippen LogP contribution in [0.15, 0.2) is 54.6 Å². The lowest BCUT2D eigenvalue weighted by Gasteiger charge is -2.44. The summed E-state index contributed by atoms with van der Waals surface area (Å²) in [6.07, 6.45) is 0.911. The molecule has 2 aromatic rings. The molecule has 0 bridgehead atoms. The zero-order chi connectivity index (χ0) is 21.2. The van der Waals surface area contributed by atoms with E-state index in [4.69, 9.17) is 4.74 Å². The van der Waals surface area contributed by atoms with Gasteiger partial charge >= 0.3 is 5.97 Å². The fourth-order valence-corrected chi connectivity index (χ4v) is 4.48. The fourth-order valence-electron chi connectivity index (χ4n) is 3.52. The van der Waals surface area contributed by atoms with Gasteiger partial charge in [-0.25, -0.2) is 8.42 Å². The van der Waals surface area contributed by atoms with E-state index in [0.29, 0.717) is 11.3 Å². The Balaban J connectivity index is 2.11. The molecule has 8 nitrogen and oxygen atoms in total. The number of carbonyl (C=O) groups excluding carboxylic acids is 1. The van der Waals surface area contributed by atoms with Crippen LogP contribution in [0.5, 0.6) is 5.75 Å². The Bertz CT molecular complexity index is 991. The number of carboxylic acid groups (broad SMARTS) is 1. The monoisotopic (exact) mass is 418 g/mol. The molecule has 0 radical (unpaired) electrons. The number of amides is 1. The number of piperazine rings is 1. The lowest BCUT2D eigenvalue weighted by atomic mass is 9.94. The summed E-state index contributed by atoms with van der Waals surface area (Å²) in [4.78, 5) is 26.5. The molecule has 29 heavy (non-hydrogen) atoms. The van der Waals surface area contributed by atoms with E-state index in [1.165, 1.54) is 12.0 Å². The minimum atomic E-state index is -3.92. The van der Waals surface area contributed by atoms with E-state index in [9.17, 15) is 23.1 Å². The molecule has 9 heteroatoms. The van der Waals surface area contributed by atoms with Gasteiger partial charge in [0.2, 0.25) is 15.9 Å². The molecular formula is C20H22N2O6S. The van der Waals surface area contributed by atoms with Gasteiger partial charge in [-0.2, -0.15) is 4.31 Å². The van der Waals surface area contributed by atoms with Crippen LogP contribution in [-0.2, 0) is 26.2 Å². The number of benzene rings is 2. The van der Waals surface area contributed by atoms with Gasteiger partial charge in [-0.3, -0.25) is 9.59 Å². The molecule has 0 spiro atoms. The van der Waals surface area contributed by atoms with Gasteiger partial charge in [0.1, 0.15) is 11.8 Å². The number of methoxy groups -OCH3 is 1. The van der Waals surface area contributed by atoms with Crippen molar-refractivity contribution in [3.05, 3.63) is 65.7 Å². The van der Waals surface area contributed by atoms with Crippen LogP contribution in [-0.4, -0.2) is 60.6 Å². The second-order valence-corrected chi connectivity index (χ2v) is 8.75. The molecule has 1 saturated heterocycles. The first-order chi connectivity index (χ1) is 13.7. The second kappa shape index (κ2) is 8.22. The lowest BCUT2D eigenvalue weighted by Crippen LogP contribution is -2.61. The Hall–Kier alpha value is -2.91. The molecular weight excluding hydrogens is 396 g/mol. The second-order valence-electron chi connectivity index (χ2n) is 6.82. The predicted molar refractivity (Wildman–Crippen MR) is 106 cm³/mol. The van der Waals surface area contributed by atoms with Gasteiger partial charge in [-0.15, -0.1) is 0 Å². The maximum Gasteiger partial charge on any atom is 0.324 e. The third-order valence-corrected chi connectivity index (χ3v) is 6.10. The summed E-state index contributed by atoms with van der Waals surface area (Å²) in [5.74, 6) is -1.21. The fraction of sp³-hybridized carbons (Fsp3) is 0.300. The average molecular weight is 418 g/mol. The van der Waals surface area contributed by atoms with Gasteiger partial charge in [-0.1, -0.05) is 42.5 Å². The van der Waals surface area contributed by atoms with Crippen LogP contribution in [0.25, 0.3) is 0 Å². The predicted octanol–water partition coefficient (Wildman–Crippen LogP) is 1.49. The van der Waals surface area contributed by atoms with Crippen molar-refractivity contribution in [2.75, 3.05) is 19.9 Å². The standard InChI is InChI=1S/C20H22N2O6S/c1-28-16-10-8-15(9-11-16)18-19(20(24)25)22(29(2,26)27)13-17(23)21(18)12-14-6-4-3-5-7-14/h3-11,18-19H,12-13H2,1-2H3,(H,24,25)/t18-,19+/m0/s1. The molecule has 1 fully saturated rings. The van der Waals surface area contributed by atoms with Crippen LogP contribution >= 0.6 is 0 Å². The summed E-state index contributed by atoms with van der Waals surface area (Å²) in [6, 6.07) is 13.3. The SMILES string of the molecule is COc1ccc([C@H]2[C@H](C(=O)O)N(S(C)(=O)=O)CC(=O)N2Cc2ccccc2)cc1. The zero-order valence-electron chi connectivity index (χ0n) is 16.1. The number of sulfonamides is 1. The van der Waals surface area contributed by atoms with Crippen molar-refractivity contribution in [2.24, 2.45) is 0 Å². The Labute approximate surface area is 169 Å². The van der Waals surface area contributed by atoms with E-state index in [0.717, 1.165) is 16.1 Å². The van der Waals surface area contributed by atoms with Crippen LogP contribution in [0.4, 0.5) is 0 Å². The molecule has 154 valence electrons. The Morgan fingerprint density at radius 3 is 2.28 bits per heavy atom. The third-order valence-electron chi connectivity index (χ3n) is 4.89. The normalized spacial score (nSPS) is 20.5. The van der Waals surface area contributed by atoms with Crippen LogP contribution in [0, 0.1) is 0 Å². The Morgan fingerprint density at radius 2 is 1.76 bits per heavy atom. The van der Waals surface area contributed by atoms with Gasteiger partial charge in [0, 0.05) is 6.54 Å². The largest absolute Gasteiger partial charge is 0.497 e. The number of rotatable bonds is 6. The highest BCUT2D eigenvalue weighted by Crippen LogP contribution is 2.35.